The molecule has 0 aliphatic carbocycles. The van der Waals surface area contributed by atoms with Gasteiger partial charge in [0, 0.05) is 5.56 Å². The highest BCUT2D eigenvalue weighted by atomic mass is 32.1. The molecule has 2 aromatic rings. The minimum absolute atomic E-state index is 0.128. The van der Waals surface area contributed by atoms with E-state index < -0.39 is 17.7 Å². The first-order chi connectivity index (χ1) is 8.52. The molecule has 2 N–H and O–H groups in total. The smallest absolute Gasteiger partial charge is 0.163 e. The Labute approximate surface area is 108 Å². The van der Waals surface area contributed by atoms with Gasteiger partial charge in [-0.3, -0.25) is 0 Å². The van der Waals surface area contributed by atoms with E-state index in [4.69, 9.17) is 5.73 Å². The van der Waals surface area contributed by atoms with Crippen molar-refractivity contribution in [3.8, 4) is 0 Å². The third-order valence-corrected chi connectivity index (χ3v) is 3.51. The molecule has 2 rings (SSSR count). The molecule has 0 amide bonds. The first kappa shape index (κ1) is 13.0. The van der Waals surface area contributed by atoms with Gasteiger partial charge in [-0.1, -0.05) is 30.5 Å². The Balaban J connectivity index is 2.45. The number of nitrogens with two attached hydrogens (primary N) is 1. The summed E-state index contributed by atoms with van der Waals surface area (Å²) in [6, 6.07) is 3.25. The second-order valence-corrected chi connectivity index (χ2v) is 5.08. The van der Waals surface area contributed by atoms with Gasteiger partial charge in [0.25, 0.3) is 0 Å². The third kappa shape index (κ3) is 2.26. The van der Waals surface area contributed by atoms with Crippen LogP contribution in [-0.2, 0) is 0 Å². The number of hydrogen-bond donors (Lipinski definition) is 1. The van der Waals surface area contributed by atoms with Crippen LogP contribution in [0, 0.1) is 11.6 Å². The van der Waals surface area contributed by atoms with Gasteiger partial charge in [-0.25, -0.2) is 8.78 Å². The SMILES string of the molecule is CC(C)c1nnsc1C(N)c1cccc(F)c1F. The minimum atomic E-state index is -0.909. The summed E-state index contributed by atoms with van der Waals surface area (Å²) in [6.07, 6.45) is 0. The Morgan fingerprint density at radius 1 is 1.28 bits per heavy atom. The summed E-state index contributed by atoms with van der Waals surface area (Å²) >= 11 is 1.12. The maximum atomic E-state index is 13.7. The van der Waals surface area contributed by atoms with Crippen molar-refractivity contribution in [1.29, 1.82) is 0 Å². The third-order valence-electron chi connectivity index (χ3n) is 2.69. The number of benzene rings is 1. The van der Waals surface area contributed by atoms with Crippen LogP contribution < -0.4 is 5.73 Å². The lowest BCUT2D eigenvalue weighted by Crippen LogP contribution is -2.15. The molecule has 1 atom stereocenters. The molecule has 1 heterocycles. The van der Waals surface area contributed by atoms with E-state index in [1.165, 1.54) is 12.1 Å². The molecular formula is C12H13F2N3S. The summed E-state index contributed by atoms with van der Waals surface area (Å²) < 4.78 is 30.7. The summed E-state index contributed by atoms with van der Waals surface area (Å²) in [5, 5.41) is 3.99. The average Bonchev–Trinajstić information content (AvgIpc) is 2.81. The largest absolute Gasteiger partial charge is 0.319 e. The maximum absolute atomic E-state index is 13.7. The molecule has 0 radical (unpaired) electrons. The zero-order valence-corrected chi connectivity index (χ0v) is 10.8. The van der Waals surface area contributed by atoms with E-state index in [1.54, 1.807) is 0 Å². The quantitative estimate of drug-likeness (QED) is 0.932. The normalized spacial score (nSPS) is 13.0. The second kappa shape index (κ2) is 5.07. The van der Waals surface area contributed by atoms with Crippen LogP contribution >= 0.6 is 11.5 Å². The molecule has 0 saturated carbocycles. The van der Waals surface area contributed by atoms with Crippen LogP contribution in [0.15, 0.2) is 18.2 Å². The fourth-order valence-corrected chi connectivity index (χ4v) is 2.55. The molecular weight excluding hydrogens is 256 g/mol. The molecule has 0 fully saturated rings. The fraction of sp³-hybridized carbons (Fsp3) is 0.333. The number of hydrogen-bond acceptors (Lipinski definition) is 4. The summed E-state index contributed by atoms with van der Waals surface area (Å²) in [6.45, 7) is 3.91. The van der Waals surface area contributed by atoms with Crippen LogP contribution in [0.5, 0.6) is 0 Å². The molecule has 3 nitrogen and oxygen atoms in total. The number of nitrogens with zero attached hydrogens (tertiary/aromatic N) is 2. The van der Waals surface area contributed by atoms with Gasteiger partial charge in [-0.2, -0.15) is 0 Å². The Morgan fingerprint density at radius 3 is 2.67 bits per heavy atom. The van der Waals surface area contributed by atoms with Crippen LogP contribution in [0.4, 0.5) is 8.78 Å². The van der Waals surface area contributed by atoms with E-state index in [2.05, 4.69) is 9.59 Å². The summed E-state index contributed by atoms with van der Waals surface area (Å²) in [5.41, 5.74) is 6.85. The van der Waals surface area contributed by atoms with E-state index in [-0.39, 0.29) is 11.5 Å². The van der Waals surface area contributed by atoms with Gasteiger partial charge in [-0.05, 0) is 23.5 Å². The monoisotopic (exact) mass is 269 g/mol. The highest BCUT2D eigenvalue weighted by molar-refractivity contribution is 7.05. The fourth-order valence-electron chi connectivity index (χ4n) is 1.72. The van der Waals surface area contributed by atoms with E-state index in [0.717, 1.165) is 23.3 Å². The first-order valence-corrected chi connectivity index (χ1v) is 6.31. The van der Waals surface area contributed by atoms with E-state index in [0.29, 0.717) is 4.88 Å². The van der Waals surface area contributed by atoms with Gasteiger partial charge in [0.2, 0.25) is 0 Å². The van der Waals surface area contributed by atoms with Crippen LogP contribution in [-0.4, -0.2) is 9.59 Å². The minimum Gasteiger partial charge on any atom is -0.319 e. The topological polar surface area (TPSA) is 51.8 Å². The summed E-state index contributed by atoms with van der Waals surface area (Å²) in [4.78, 5) is 0.675. The van der Waals surface area contributed by atoms with Gasteiger partial charge >= 0.3 is 0 Å². The molecule has 0 bridgehead atoms. The van der Waals surface area contributed by atoms with Gasteiger partial charge < -0.3 is 5.73 Å². The van der Waals surface area contributed by atoms with Gasteiger partial charge in [0.15, 0.2) is 11.6 Å². The van der Waals surface area contributed by atoms with E-state index >= 15 is 0 Å². The van der Waals surface area contributed by atoms with Crippen molar-refractivity contribution in [3.05, 3.63) is 46.0 Å². The van der Waals surface area contributed by atoms with Crippen molar-refractivity contribution in [2.45, 2.75) is 25.8 Å². The zero-order valence-electron chi connectivity index (χ0n) is 10.0. The van der Waals surface area contributed by atoms with Crippen LogP contribution in [0.25, 0.3) is 0 Å². The lowest BCUT2D eigenvalue weighted by Gasteiger charge is -2.13. The summed E-state index contributed by atoms with van der Waals surface area (Å²) in [5.74, 6) is -1.67. The van der Waals surface area contributed by atoms with Crippen LogP contribution in [0.1, 0.15) is 41.9 Å². The maximum Gasteiger partial charge on any atom is 0.163 e. The molecule has 18 heavy (non-hydrogen) atoms. The van der Waals surface area contributed by atoms with E-state index in [9.17, 15) is 8.78 Å². The van der Waals surface area contributed by atoms with Crippen molar-refractivity contribution in [2.24, 2.45) is 5.73 Å². The Bertz CT molecular complexity index is 554. The van der Waals surface area contributed by atoms with E-state index in [1.807, 2.05) is 13.8 Å². The molecule has 0 aliphatic rings. The molecule has 0 spiro atoms. The standard InChI is InChI=1S/C12H13F2N3S/c1-6(2)11-12(18-17-16-11)10(15)7-4-3-5-8(13)9(7)14/h3-6,10H,15H2,1-2H3. The molecule has 6 heteroatoms. The van der Waals surface area contributed by atoms with Gasteiger partial charge in [0.05, 0.1) is 16.6 Å². The van der Waals surface area contributed by atoms with Gasteiger partial charge in [0.1, 0.15) is 0 Å². The lowest BCUT2D eigenvalue weighted by molar-refractivity contribution is 0.494. The van der Waals surface area contributed by atoms with Crippen molar-refractivity contribution >= 4 is 11.5 Å². The second-order valence-electron chi connectivity index (χ2n) is 4.30. The Hall–Kier alpha value is -1.40. The molecule has 1 unspecified atom stereocenters. The average molecular weight is 269 g/mol. The van der Waals surface area contributed by atoms with Crippen LogP contribution in [0.3, 0.4) is 0 Å². The van der Waals surface area contributed by atoms with Crippen molar-refractivity contribution in [2.75, 3.05) is 0 Å². The van der Waals surface area contributed by atoms with Gasteiger partial charge in [-0.15, -0.1) is 5.10 Å². The first-order valence-electron chi connectivity index (χ1n) is 5.54. The highest BCUT2D eigenvalue weighted by Gasteiger charge is 2.23. The molecule has 96 valence electrons. The Kier molecular flexibility index (Phi) is 3.68. The predicted molar refractivity (Wildman–Crippen MR) is 66.4 cm³/mol. The van der Waals surface area contributed by atoms with Crippen molar-refractivity contribution in [1.82, 2.24) is 9.59 Å². The zero-order chi connectivity index (χ0) is 13.3. The van der Waals surface area contributed by atoms with Crippen molar-refractivity contribution in [3.63, 3.8) is 0 Å². The van der Waals surface area contributed by atoms with Crippen molar-refractivity contribution < 1.29 is 8.78 Å². The highest BCUT2D eigenvalue weighted by Crippen LogP contribution is 2.30. The Morgan fingerprint density at radius 2 is 2.00 bits per heavy atom. The number of halogens is 2. The number of aromatic nitrogens is 2. The lowest BCUT2D eigenvalue weighted by atomic mass is 10.0. The number of rotatable bonds is 3. The predicted octanol–water partition coefficient (Wildman–Crippen LogP) is 2.99. The molecule has 1 aromatic carbocycles. The van der Waals surface area contributed by atoms with Crippen LogP contribution in [0.2, 0.25) is 0 Å². The molecule has 0 saturated heterocycles. The summed E-state index contributed by atoms with van der Waals surface area (Å²) in [7, 11) is 0. The molecule has 0 aliphatic heterocycles. The molecule has 1 aromatic heterocycles.